The summed E-state index contributed by atoms with van der Waals surface area (Å²) in [6, 6.07) is 7.57. The standard InChI is InChI=1S/C16H19N3O2/c1-2-19-12(8-9-17-19)11-18-10-4-6-13-14(16(20)21)5-3-7-15(13)18/h3,5,7-9H,2,4,6,10-11H2,1H3,(H,20,21). The van der Waals surface area contributed by atoms with Crippen molar-refractivity contribution in [3.63, 3.8) is 0 Å². The van der Waals surface area contributed by atoms with Gasteiger partial charge in [-0.2, -0.15) is 5.10 Å². The molecule has 2 heterocycles. The van der Waals surface area contributed by atoms with Crippen molar-refractivity contribution in [3.8, 4) is 0 Å². The SMILES string of the molecule is CCn1nccc1CN1CCCc2c(C(=O)O)cccc21. The maximum atomic E-state index is 11.4. The molecule has 1 aliphatic heterocycles. The average molecular weight is 285 g/mol. The summed E-state index contributed by atoms with van der Waals surface area (Å²) in [4.78, 5) is 13.6. The maximum Gasteiger partial charge on any atom is 0.336 e. The first-order valence-corrected chi connectivity index (χ1v) is 7.31. The molecule has 110 valence electrons. The Morgan fingerprint density at radius 1 is 1.38 bits per heavy atom. The molecule has 0 spiro atoms. The number of aromatic nitrogens is 2. The smallest absolute Gasteiger partial charge is 0.336 e. The van der Waals surface area contributed by atoms with Crippen molar-refractivity contribution >= 4 is 11.7 Å². The lowest BCUT2D eigenvalue weighted by atomic mass is 9.96. The van der Waals surface area contributed by atoms with Crippen LogP contribution >= 0.6 is 0 Å². The zero-order valence-electron chi connectivity index (χ0n) is 12.1. The second kappa shape index (κ2) is 5.60. The predicted molar refractivity (Wildman–Crippen MR) is 80.7 cm³/mol. The van der Waals surface area contributed by atoms with Gasteiger partial charge in [-0.1, -0.05) is 6.07 Å². The fourth-order valence-electron chi connectivity index (χ4n) is 3.04. The van der Waals surface area contributed by atoms with E-state index in [0.29, 0.717) is 5.56 Å². The number of nitrogens with zero attached hydrogens (tertiary/aromatic N) is 3. The van der Waals surface area contributed by atoms with Crippen LogP contribution in [0.15, 0.2) is 30.5 Å². The van der Waals surface area contributed by atoms with Gasteiger partial charge in [0.1, 0.15) is 0 Å². The van der Waals surface area contributed by atoms with Crippen LogP contribution < -0.4 is 4.90 Å². The third kappa shape index (κ3) is 2.51. The van der Waals surface area contributed by atoms with E-state index in [1.165, 1.54) is 0 Å². The second-order valence-electron chi connectivity index (χ2n) is 5.27. The van der Waals surface area contributed by atoms with Crippen LogP contribution in [0.5, 0.6) is 0 Å². The Bertz CT molecular complexity index is 663. The lowest BCUT2D eigenvalue weighted by Crippen LogP contribution is -2.30. The number of rotatable bonds is 4. The van der Waals surface area contributed by atoms with Crippen LogP contribution in [-0.4, -0.2) is 27.4 Å². The molecular formula is C16H19N3O2. The Morgan fingerprint density at radius 2 is 2.24 bits per heavy atom. The van der Waals surface area contributed by atoms with E-state index in [0.717, 1.165) is 49.4 Å². The highest BCUT2D eigenvalue weighted by atomic mass is 16.4. The van der Waals surface area contributed by atoms with E-state index in [4.69, 9.17) is 0 Å². The number of fused-ring (bicyclic) bond motifs is 1. The second-order valence-corrected chi connectivity index (χ2v) is 5.27. The Balaban J connectivity index is 1.94. The number of aromatic carboxylic acids is 1. The normalized spacial score (nSPS) is 14.0. The van der Waals surface area contributed by atoms with Crippen LogP contribution in [0.25, 0.3) is 0 Å². The molecule has 21 heavy (non-hydrogen) atoms. The third-order valence-corrected chi connectivity index (χ3v) is 4.03. The van der Waals surface area contributed by atoms with Crippen LogP contribution in [0.4, 0.5) is 5.69 Å². The molecular weight excluding hydrogens is 266 g/mol. The van der Waals surface area contributed by atoms with E-state index < -0.39 is 5.97 Å². The van der Waals surface area contributed by atoms with E-state index in [1.807, 2.05) is 29.1 Å². The van der Waals surface area contributed by atoms with Crippen LogP contribution in [-0.2, 0) is 19.5 Å². The third-order valence-electron chi connectivity index (χ3n) is 4.03. The lowest BCUT2D eigenvalue weighted by molar-refractivity contribution is 0.0695. The fourth-order valence-corrected chi connectivity index (χ4v) is 3.04. The summed E-state index contributed by atoms with van der Waals surface area (Å²) in [6.45, 7) is 4.64. The summed E-state index contributed by atoms with van der Waals surface area (Å²) in [5, 5.41) is 13.6. The molecule has 0 radical (unpaired) electrons. The van der Waals surface area contributed by atoms with Gasteiger partial charge in [0.05, 0.1) is 17.8 Å². The van der Waals surface area contributed by atoms with Crippen molar-refractivity contribution in [2.45, 2.75) is 32.9 Å². The molecule has 3 rings (SSSR count). The van der Waals surface area contributed by atoms with E-state index >= 15 is 0 Å². The first-order chi connectivity index (χ1) is 10.2. The van der Waals surface area contributed by atoms with Gasteiger partial charge in [-0.15, -0.1) is 0 Å². The number of aryl methyl sites for hydroxylation is 1. The number of anilines is 1. The molecule has 2 aromatic rings. The maximum absolute atomic E-state index is 11.4. The summed E-state index contributed by atoms with van der Waals surface area (Å²) < 4.78 is 1.98. The number of hydrogen-bond acceptors (Lipinski definition) is 3. The minimum Gasteiger partial charge on any atom is -0.478 e. The monoisotopic (exact) mass is 285 g/mol. The number of hydrogen-bond donors (Lipinski definition) is 1. The highest BCUT2D eigenvalue weighted by Gasteiger charge is 2.22. The van der Waals surface area contributed by atoms with Crippen molar-refractivity contribution in [2.24, 2.45) is 0 Å². The van der Waals surface area contributed by atoms with Gasteiger partial charge in [0, 0.05) is 25.0 Å². The summed E-state index contributed by atoms with van der Waals surface area (Å²) >= 11 is 0. The Kier molecular flexibility index (Phi) is 3.64. The molecule has 0 bridgehead atoms. The molecule has 0 aliphatic carbocycles. The van der Waals surface area contributed by atoms with Gasteiger partial charge in [0.2, 0.25) is 0 Å². The minimum absolute atomic E-state index is 0.432. The molecule has 1 aromatic heterocycles. The molecule has 1 aromatic carbocycles. The minimum atomic E-state index is -0.840. The van der Waals surface area contributed by atoms with E-state index in [1.54, 1.807) is 6.07 Å². The largest absolute Gasteiger partial charge is 0.478 e. The first kappa shape index (κ1) is 13.7. The molecule has 0 amide bonds. The van der Waals surface area contributed by atoms with Crippen LogP contribution in [0.1, 0.15) is 35.0 Å². The summed E-state index contributed by atoms with van der Waals surface area (Å²) in [5.74, 6) is -0.840. The zero-order valence-corrected chi connectivity index (χ0v) is 12.1. The average Bonchev–Trinajstić information content (AvgIpc) is 2.94. The van der Waals surface area contributed by atoms with Crippen molar-refractivity contribution < 1.29 is 9.90 Å². The molecule has 0 unspecified atom stereocenters. The number of carbonyl (C=O) groups is 1. The number of carboxylic acids is 1. The Labute approximate surface area is 123 Å². The topological polar surface area (TPSA) is 58.4 Å². The van der Waals surface area contributed by atoms with Crippen LogP contribution in [0.2, 0.25) is 0 Å². The van der Waals surface area contributed by atoms with Crippen molar-refractivity contribution in [3.05, 3.63) is 47.3 Å². The number of carboxylic acid groups (broad SMARTS) is 1. The predicted octanol–water partition coefficient (Wildman–Crippen LogP) is 2.55. The highest BCUT2D eigenvalue weighted by Crippen LogP contribution is 2.31. The summed E-state index contributed by atoms with van der Waals surface area (Å²) in [7, 11) is 0. The fraction of sp³-hybridized carbons (Fsp3) is 0.375. The van der Waals surface area contributed by atoms with E-state index in [-0.39, 0.29) is 0 Å². The van der Waals surface area contributed by atoms with Gasteiger partial charge in [-0.05, 0) is 43.5 Å². The summed E-state index contributed by atoms with van der Waals surface area (Å²) in [6.07, 6.45) is 3.64. The molecule has 0 fully saturated rings. The number of benzene rings is 1. The van der Waals surface area contributed by atoms with Gasteiger partial charge in [-0.3, -0.25) is 4.68 Å². The molecule has 1 aliphatic rings. The molecule has 0 saturated carbocycles. The molecule has 0 saturated heterocycles. The molecule has 1 N–H and O–H groups in total. The Morgan fingerprint density at radius 3 is 3.00 bits per heavy atom. The van der Waals surface area contributed by atoms with Gasteiger partial charge in [0.15, 0.2) is 0 Å². The van der Waals surface area contributed by atoms with Crippen LogP contribution in [0, 0.1) is 0 Å². The van der Waals surface area contributed by atoms with Crippen LogP contribution in [0.3, 0.4) is 0 Å². The van der Waals surface area contributed by atoms with Gasteiger partial charge >= 0.3 is 5.97 Å². The zero-order chi connectivity index (χ0) is 14.8. The van der Waals surface area contributed by atoms with E-state index in [2.05, 4.69) is 16.9 Å². The van der Waals surface area contributed by atoms with Gasteiger partial charge < -0.3 is 10.0 Å². The quantitative estimate of drug-likeness (QED) is 0.938. The lowest BCUT2D eigenvalue weighted by Gasteiger charge is -2.32. The molecule has 5 nitrogen and oxygen atoms in total. The van der Waals surface area contributed by atoms with Crippen molar-refractivity contribution in [2.75, 3.05) is 11.4 Å². The Hall–Kier alpha value is -2.30. The molecule has 0 atom stereocenters. The summed E-state index contributed by atoms with van der Waals surface area (Å²) in [5.41, 5.74) is 3.59. The molecule has 5 heteroatoms. The van der Waals surface area contributed by atoms with Crippen molar-refractivity contribution in [1.82, 2.24) is 9.78 Å². The van der Waals surface area contributed by atoms with Gasteiger partial charge in [-0.25, -0.2) is 4.79 Å². The van der Waals surface area contributed by atoms with Crippen molar-refractivity contribution in [1.29, 1.82) is 0 Å². The van der Waals surface area contributed by atoms with Gasteiger partial charge in [0.25, 0.3) is 0 Å². The van der Waals surface area contributed by atoms with E-state index in [9.17, 15) is 9.90 Å². The highest BCUT2D eigenvalue weighted by molar-refractivity contribution is 5.91. The first-order valence-electron chi connectivity index (χ1n) is 7.31.